The lowest BCUT2D eigenvalue weighted by atomic mass is 10.0. The summed E-state index contributed by atoms with van der Waals surface area (Å²) in [5, 5.41) is 3.79. The van der Waals surface area contributed by atoms with Gasteiger partial charge in [-0.15, -0.1) is 0 Å². The van der Waals surface area contributed by atoms with E-state index >= 15 is 0 Å². The monoisotopic (exact) mass is 389 g/mol. The highest BCUT2D eigenvalue weighted by atomic mass is 35.5. The van der Waals surface area contributed by atoms with Crippen LogP contribution < -0.4 is 15.0 Å². The third-order valence-electron chi connectivity index (χ3n) is 4.82. The second kappa shape index (κ2) is 9.74. The van der Waals surface area contributed by atoms with Gasteiger partial charge in [0.05, 0.1) is 26.7 Å². The van der Waals surface area contributed by atoms with Gasteiger partial charge < -0.3 is 19.7 Å². The smallest absolute Gasteiger partial charge is 0.225 e. The van der Waals surface area contributed by atoms with Crippen LogP contribution in [0.5, 0.6) is 5.75 Å². The van der Waals surface area contributed by atoms with Gasteiger partial charge in [0, 0.05) is 10.6 Å². The summed E-state index contributed by atoms with van der Waals surface area (Å²) in [5.74, 6) is 0.627. The maximum atomic E-state index is 12.8. The van der Waals surface area contributed by atoms with Gasteiger partial charge in [0.15, 0.2) is 0 Å². The molecule has 5 nitrogen and oxygen atoms in total. The zero-order valence-electron chi connectivity index (χ0n) is 15.5. The first-order valence-corrected chi connectivity index (χ1v) is 9.61. The number of halogens is 1. The largest absolute Gasteiger partial charge is 0.496 e. The van der Waals surface area contributed by atoms with Gasteiger partial charge in [-0.3, -0.25) is 4.79 Å². The molecule has 1 saturated heterocycles. The van der Waals surface area contributed by atoms with E-state index in [-0.39, 0.29) is 18.4 Å². The Hall–Kier alpha value is -2.08. The average Bonchev–Trinajstić information content (AvgIpc) is 2.69. The molecule has 0 unspecified atom stereocenters. The summed E-state index contributed by atoms with van der Waals surface area (Å²) in [7, 11) is 1.60. The second-order valence-corrected chi connectivity index (χ2v) is 7.17. The summed E-state index contributed by atoms with van der Waals surface area (Å²) in [6.07, 6.45) is 0.228. The minimum atomic E-state index is -0.0445. The van der Waals surface area contributed by atoms with Gasteiger partial charge in [0.25, 0.3) is 0 Å². The molecule has 0 aromatic heterocycles. The molecule has 1 aliphatic rings. The number of quaternary nitrogens is 1. The molecule has 2 aromatic carbocycles. The van der Waals surface area contributed by atoms with Crippen molar-refractivity contribution in [2.45, 2.75) is 12.5 Å². The van der Waals surface area contributed by atoms with Crippen LogP contribution in [-0.2, 0) is 16.0 Å². The molecule has 27 heavy (non-hydrogen) atoms. The van der Waals surface area contributed by atoms with Crippen molar-refractivity contribution >= 4 is 17.5 Å². The van der Waals surface area contributed by atoms with Gasteiger partial charge >= 0.3 is 0 Å². The van der Waals surface area contributed by atoms with Gasteiger partial charge in [0.1, 0.15) is 31.4 Å². The molecule has 1 heterocycles. The number of carbonyl (C=O) groups excluding carboxylic acids is 1. The van der Waals surface area contributed by atoms with Crippen molar-refractivity contribution in [2.75, 3.05) is 40.0 Å². The molecule has 144 valence electrons. The number of amides is 1. The van der Waals surface area contributed by atoms with E-state index in [1.807, 2.05) is 18.2 Å². The summed E-state index contributed by atoms with van der Waals surface area (Å²) in [4.78, 5) is 14.2. The number of nitrogens with one attached hydrogen (secondary N) is 2. The van der Waals surface area contributed by atoms with Crippen LogP contribution in [0.2, 0.25) is 5.02 Å². The van der Waals surface area contributed by atoms with Crippen molar-refractivity contribution in [1.29, 1.82) is 0 Å². The number of hydrogen-bond donors (Lipinski definition) is 2. The minimum absolute atomic E-state index is 0.0444. The van der Waals surface area contributed by atoms with Crippen LogP contribution in [-0.4, -0.2) is 45.9 Å². The Balaban J connectivity index is 1.71. The minimum Gasteiger partial charge on any atom is -0.496 e. The zero-order chi connectivity index (χ0) is 19.1. The van der Waals surface area contributed by atoms with Gasteiger partial charge in [-0.05, 0) is 23.8 Å². The molecular weight excluding hydrogens is 364 g/mol. The fraction of sp³-hybridized carbons (Fsp3) is 0.381. The second-order valence-electron chi connectivity index (χ2n) is 6.73. The Morgan fingerprint density at radius 2 is 1.96 bits per heavy atom. The molecule has 0 bridgehead atoms. The van der Waals surface area contributed by atoms with E-state index in [4.69, 9.17) is 21.1 Å². The van der Waals surface area contributed by atoms with Crippen LogP contribution in [0, 0.1) is 0 Å². The molecule has 1 amide bonds. The maximum absolute atomic E-state index is 12.8. The molecular formula is C21H26ClN2O3+. The molecule has 0 saturated carbocycles. The number of methoxy groups -OCH3 is 1. The highest BCUT2D eigenvalue weighted by Gasteiger charge is 2.23. The predicted octanol–water partition coefficient (Wildman–Crippen LogP) is 1.66. The van der Waals surface area contributed by atoms with Crippen LogP contribution in [0.4, 0.5) is 0 Å². The van der Waals surface area contributed by atoms with Crippen LogP contribution in [0.15, 0.2) is 48.5 Å². The SMILES string of the molecule is COc1ccc(Cl)cc1CC(=O)N[C@@H](C[NH+]1CCOCC1)c1ccccc1. The topological polar surface area (TPSA) is 52.0 Å². The summed E-state index contributed by atoms with van der Waals surface area (Å²) in [6, 6.07) is 15.4. The molecule has 1 atom stereocenters. The lowest BCUT2D eigenvalue weighted by molar-refractivity contribution is -0.909. The van der Waals surface area contributed by atoms with Crippen molar-refractivity contribution in [3.05, 3.63) is 64.7 Å². The molecule has 3 rings (SSSR count). The first kappa shape index (κ1) is 19.7. The first-order valence-electron chi connectivity index (χ1n) is 9.23. The highest BCUT2D eigenvalue weighted by Crippen LogP contribution is 2.23. The fourth-order valence-corrected chi connectivity index (χ4v) is 3.59. The van der Waals surface area contributed by atoms with E-state index in [0.29, 0.717) is 10.8 Å². The van der Waals surface area contributed by atoms with Gasteiger partial charge in [-0.1, -0.05) is 41.9 Å². The molecule has 0 spiro atoms. The number of rotatable bonds is 7. The van der Waals surface area contributed by atoms with E-state index in [9.17, 15) is 4.79 Å². The van der Waals surface area contributed by atoms with E-state index in [1.165, 1.54) is 4.90 Å². The van der Waals surface area contributed by atoms with Crippen molar-refractivity contribution in [2.24, 2.45) is 0 Å². The zero-order valence-corrected chi connectivity index (χ0v) is 16.3. The third kappa shape index (κ3) is 5.70. The number of ether oxygens (including phenoxy) is 2. The van der Waals surface area contributed by atoms with E-state index < -0.39 is 0 Å². The molecule has 1 aliphatic heterocycles. The Morgan fingerprint density at radius 1 is 1.22 bits per heavy atom. The van der Waals surface area contributed by atoms with Gasteiger partial charge in [-0.25, -0.2) is 0 Å². The average molecular weight is 390 g/mol. The lowest BCUT2D eigenvalue weighted by Gasteiger charge is -2.28. The summed E-state index contributed by atoms with van der Waals surface area (Å²) >= 11 is 6.09. The maximum Gasteiger partial charge on any atom is 0.225 e. The Labute approximate surface area is 165 Å². The van der Waals surface area contributed by atoms with Crippen molar-refractivity contribution in [3.63, 3.8) is 0 Å². The van der Waals surface area contributed by atoms with Crippen molar-refractivity contribution in [1.82, 2.24) is 5.32 Å². The predicted molar refractivity (Wildman–Crippen MR) is 105 cm³/mol. The molecule has 1 fully saturated rings. The molecule has 2 aromatic rings. The number of carbonyl (C=O) groups is 1. The first-order chi connectivity index (χ1) is 13.2. The molecule has 0 aliphatic carbocycles. The molecule has 2 N–H and O–H groups in total. The third-order valence-corrected chi connectivity index (χ3v) is 5.06. The lowest BCUT2D eigenvalue weighted by Crippen LogP contribution is -3.14. The van der Waals surface area contributed by atoms with Gasteiger partial charge in [0.2, 0.25) is 5.91 Å². The summed E-state index contributed by atoms with van der Waals surface area (Å²) < 4.78 is 10.8. The van der Waals surface area contributed by atoms with Crippen LogP contribution in [0.25, 0.3) is 0 Å². The highest BCUT2D eigenvalue weighted by molar-refractivity contribution is 6.30. The standard InChI is InChI=1S/C21H25ClN2O3/c1-26-20-8-7-18(22)13-17(20)14-21(25)23-19(16-5-3-2-4-6-16)15-24-9-11-27-12-10-24/h2-8,13,19H,9-12,14-15H2,1H3,(H,23,25)/p+1/t19-/m0/s1. The van der Waals surface area contributed by atoms with Crippen LogP contribution in [0.3, 0.4) is 0 Å². The normalized spacial score (nSPS) is 15.9. The molecule has 6 heteroatoms. The van der Waals surface area contributed by atoms with E-state index in [0.717, 1.165) is 44.0 Å². The summed E-state index contributed by atoms with van der Waals surface area (Å²) in [5.41, 5.74) is 1.90. The fourth-order valence-electron chi connectivity index (χ4n) is 3.39. The Bertz CT molecular complexity index is 748. The Morgan fingerprint density at radius 3 is 2.67 bits per heavy atom. The quantitative estimate of drug-likeness (QED) is 0.757. The number of morpholine rings is 1. The summed E-state index contributed by atoms with van der Waals surface area (Å²) in [6.45, 7) is 4.30. The number of benzene rings is 2. The van der Waals surface area contributed by atoms with Crippen LogP contribution in [0.1, 0.15) is 17.2 Å². The van der Waals surface area contributed by atoms with Crippen molar-refractivity contribution < 1.29 is 19.2 Å². The number of hydrogen-bond acceptors (Lipinski definition) is 3. The Kier molecular flexibility index (Phi) is 7.10. The van der Waals surface area contributed by atoms with Gasteiger partial charge in [-0.2, -0.15) is 0 Å². The van der Waals surface area contributed by atoms with Crippen molar-refractivity contribution in [3.8, 4) is 5.75 Å². The van der Waals surface area contributed by atoms with E-state index in [1.54, 1.807) is 25.3 Å². The van der Waals surface area contributed by atoms with Crippen LogP contribution >= 0.6 is 11.6 Å². The molecule has 0 radical (unpaired) electrons. The van der Waals surface area contributed by atoms with E-state index in [2.05, 4.69) is 17.4 Å².